The molecule has 4 heterocycles. The fourth-order valence-electron chi connectivity index (χ4n) is 3.63. The molecule has 1 aliphatic heterocycles. The average Bonchev–Trinajstić information content (AvgIpc) is 3.18. The summed E-state index contributed by atoms with van der Waals surface area (Å²) in [5, 5.41) is 4.88. The highest BCUT2D eigenvalue weighted by Crippen LogP contribution is 2.34. The van der Waals surface area contributed by atoms with Gasteiger partial charge in [-0.05, 0) is 46.1 Å². The molecule has 7 nitrogen and oxygen atoms in total. The Kier molecular flexibility index (Phi) is 4.22. The molecule has 0 aromatic carbocycles. The van der Waals surface area contributed by atoms with Gasteiger partial charge in [0, 0.05) is 30.1 Å². The van der Waals surface area contributed by atoms with Gasteiger partial charge in [0.05, 0.1) is 4.88 Å². The smallest absolute Gasteiger partial charge is 0.264 e. The van der Waals surface area contributed by atoms with Crippen LogP contribution >= 0.6 is 11.3 Å². The topological polar surface area (TPSA) is 85.0 Å². The van der Waals surface area contributed by atoms with Gasteiger partial charge in [-0.1, -0.05) is 5.16 Å². The molecule has 4 rings (SSSR count). The van der Waals surface area contributed by atoms with Crippen molar-refractivity contribution in [1.82, 2.24) is 25.0 Å². The lowest BCUT2D eigenvalue weighted by atomic mass is 9.96. The van der Waals surface area contributed by atoms with Crippen LogP contribution in [0.1, 0.15) is 57.2 Å². The minimum Gasteiger partial charge on any atom is -0.339 e. The van der Waals surface area contributed by atoms with Gasteiger partial charge in [-0.25, -0.2) is 9.97 Å². The van der Waals surface area contributed by atoms with Gasteiger partial charge in [-0.2, -0.15) is 4.98 Å². The lowest BCUT2D eigenvalue weighted by molar-refractivity contribution is 0.0709. The van der Waals surface area contributed by atoms with Gasteiger partial charge in [0.1, 0.15) is 10.7 Å². The fourth-order valence-corrected chi connectivity index (χ4v) is 4.88. The summed E-state index contributed by atoms with van der Waals surface area (Å²) < 4.78 is 5.29. The predicted octanol–water partition coefficient (Wildman–Crippen LogP) is 3.33. The van der Waals surface area contributed by atoms with Gasteiger partial charge < -0.3 is 9.42 Å². The Labute approximate surface area is 155 Å². The number of carbonyl (C=O) groups excluding carboxylic acids is 1. The van der Waals surface area contributed by atoms with Crippen LogP contribution in [0.2, 0.25) is 0 Å². The largest absolute Gasteiger partial charge is 0.339 e. The van der Waals surface area contributed by atoms with Crippen LogP contribution < -0.4 is 0 Å². The normalized spacial score (nSPS) is 15.8. The molecule has 0 spiro atoms. The van der Waals surface area contributed by atoms with Crippen LogP contribution in [0.15, 0.2) is 4.52 Å². The fraction of sp³-hybridized carbons (Fsp3) is 0.500. The van der Waals surface area contributed by atoms with Crippen molar-refractivity contribution in [2.24, 2.45) is 0 Å². The van der Waals surface area contributed by atoms with Gasteiger partial charge in [0.2, 0.25) is 5.89 Å². The number of thiophene rings is 1. The van der Waals surface area contributed by atoms with E-state index in [9.17, 15) is 4.79 Å². The molecule has 0 radical (unpaired) electrons. The van der Waals surface area contributed by atoms with Gasteiger partial charge in [-0.15, -0.1) is 11.3 Å². The van der Waals surface area contributed by atoms with E-state index >= 15 is 0 Å². The standard InChI is InChI=1S/C18H21N5O2S/c1-9-14-10(2)19-11(3)21-17(14)26-15(9)18(24)23-7-5-13(6-8-23)16-20-12(4)22-25-16/h13H,5-8H2,1-4H3. The third-order valence-electron chi connectivity index (χ3n) is 4.95. The quantitative estimate of drug-likeness (QED) is 0.687. The summed E-state index contributed by atoms with van der Waals surface area (Å²) in [5.74, 6) is 2.41. The summed E-state index contributed by atoms with van der Waals surface area (Å²) in [6, 6.07) is 0. The monoisotopic (exact) mass is 371 g/mol. The highest BCUT2D eigenvalue weighted by atomic mass is 32.1. The summed E-state index contributed by atoms with van der Waals surface area (Å²) in [7, 11) is 0. The zero-order valence-electron chi connectivity index (χ0n) is 15.4. The van der Waals surface area contributed by atoms with Gasteiger partial charge in [-0.3, -0.25) is 4.79 Å². The second kappa shape index (κ2) is 6.42. The lowest BCUT2D eigenvalue weighted by Crippen LogP contribution is -2.37. The number of aryl methyl sites for hydroxylation is 4. The zero-order valence-corrected chi connectivity index (χ0v) is 16.2. The zero-order chi connectivity index (χ0) is 18.4. The first kappa shape index (κ1) is 17.1. The molecule has 3 aromatic rings. The van der Waals surface area contributed by atoms with Crippen LogP contribution in [0.25, 0.3) is 10.2 Å². The predicted molar refractivity (Wildman–Crippen MR) is 98.5 cm³/mol. The maximum Gasteiger partial charge on any atom is 0.264 e. The Morgan fingerprint density at radius 3 is 2.46 bits per heavy atom. The lowest BCUT2D eigenvalue weighted by Gasteiger charge is -2.30. The van der Waals surface area contributed by atoms with E-state index in [1.54, 1.807) is 0 Å². The highest BCUT2D eigenvalue weighted by Gasteiger charge is 2.29. The molecular formula is C18H21N5O2S. The van der Waals surface area contributed by atoms with E-state index in [-0.39, 0.29) is 11.8 Å². The van der Waals surface area contributed by atoms with Crippen molar-refractivity contribution in [3.05, 3.63) is 33.7 Å². The second-order valence-corrected chi connectivity index (χ2v) is 7.84. The number of fused-ring (bicyclic) bond motifs is 1. The minimum absolute atomic E-state index is 0.0858. The van der Waals surface area contributed by atoms with Crippen molar-refractivity contribution in [3.8, 4) is 0 Å². The first-order valence-corrected chi connectivity index (χ1v) is 9.59. The van der Waals surface area contributed by atoms with Crippen molar-refractivity contribution in [1.29, 1.82) is 0 Å². The molecule has 1 fully saturated rings. The van der Waals surface area contributed by atoms with Crippen molar-refractivity contribution in [2.75, 3.05) is 13.1 Å². The number of nitrogens with zero attached hydrogens (tertiary/aromatic N) is 5. The molecule has 0 atom stereocenters. The van der Waals surface area contributed by atoms with E-state index < -0.39 is 0 Å². The summed E-state index contributed by atoms with van der Waals surface area (Å²) in [6.45, 7) is 9.06. The molecule has 8 heteroatoms. The first-order chi connectivity index (χ1) is 12.4. The molecule has 3 aromatic heterocycles. The van der Waals surface area contributed by atoms with Crippen LogP contribution in [0, 0.1) is 27.7 Å². The van der Waals surface area contributed by atoms with Crippen molar-refractivity contribution < 1.29 is 9.32 Å². The molecule has 1 aliphatic rings. The Balaban J connectivity index is 1.55. The molecule has 26 heavy (non-hydrogen) atoms. The Morgan fingerprint density at radius 1 is 1.08 bits per heavy atom. The molecular weight excluding hydrogens is 350 g/mol. The molecule has 0 aliphatic carbocycles. The van der Waals surface area contributed by atoms with Crippen LogP contribution in [-0.2, 0) is 0 Å². The number of hydrogen-bond donors (Lipinski definition) is 0. The number of hydrogen-bond acceptors (Lipinski definition) is 7. The van der Waals surface area contributed by atoms with E-state index in [4.69, 9.17) is 4.52 Å². The van der Waals surface area contributed by atoms with Crippen molar-refractivity contribution in [2.45, 2.75) is 46.5 Å². The van der Waals surface area contributed by atoms with Gasteiger partial charge in [0.15, 0.2) is 5.82 Å². The summed E-state index contributed by atoms with van der Waals surface area (Å²) >= 11 is 1.47. The van der Waals surface area contributed by atoms with E-state index in [0.29, 0.717) is 24.8 Å². The molecule has 1 amide bonds. The molecule has 1 saturated heterocycles. The van der Waals surface area contributed by atoms with Gasteiger partial charge >= 0.3 is 0 Å². The molecule has 136 valence electrons. The minimum atomic E-state index is 0.0858. The maximum atomic E-state index is 13.1. The Bertz CT molecular complexity index is 985. The third kappa shape index (κ3) is 2.88. The van der Waals surface area contributed by atoms with E-state index in [2.05, 4.69) is 20.1 Å². The van der Waals surface area contributed by atoms with E-state index in [1.807, 2.05) is 32.6 Å². The molecule has 0 unspecified atom stereocenters. The Hall–Kier alpha value is -2.35. The van der Waals surface area contributed by atoms with Crippen LogP contribution in [-0.4, -0.2) is 44.0 Å². The van der Waals surface area contributed by atoms with Crippen molar-refractivity contribution in [3.63, 3.8) is 0 Å². The number of carbonyl (C=O) groups is 1. The Morgan fingerprint density at radius 2 is 1.81 bits per heavy atom. The van der Waals surface area contributed by atoms with Crippen LogP contribution in [0.4, 0.5) is 0 Å². The third-order valence-corrected chi connectivity index (χ3v) is 6.13. The van der Waals surface area contributed by atoms with E-state index in [0.717, 1.165) is 45.0 Å². The molecule has 0 N–H and O–H groups in total. The van der Waals surface area contributed by atoms with Gasteiger partial charge in [0.25, 0.3) is 5.91 Å². The van der Waals surface area contributed by atoms with Crippen LogP contribution in [0.3, 0.4) is 0 Å². The molecule has 0 bridgehead atoms. The summed E-state index contributed by atoms with van der Waals surface area (Å²) in [4.78, 5) is 29.9. The van der Waals surface area contributed by atoms with Crippen LogP contribution in [0.5, 0.6) is 0 Å². The SMILES string of the molecule is Cc1noc(C2CCN(C(=O)c3sc4nc(C)nc(C)c4c3C)CC2)n1. The second-order valence-electron chi connectivity index (χ2n) is 6.84. The number of rotatable bonds is 2. The number of piperidine rings is 1. The van der Waals surface area contributed by atoms with E-state index in [1.165, 1.54) is 11.3 Å². The summed E-state index contributed by atoms with van der Waals surface area (Å²) in [6.07, 6.45) is 1.69. The number of amides is 1. The highest BCUT2D eigenvalue weighted by molar-refractivity contribution is 7.20. The molecule has 0 saturated carbocycles. The summed E-state index contributed by atoms with van der Waals surface area (Å²) in [5.41, 5.74) is 1.92. The average molecular weight is 371 g/mol. The van der Waals surface area contributed by atoms with Crippen molar-refractivity contribution >= 4 is 27.5 Å². The number of aromatic nitrogens is 4. The number of likely N-dealkylation sites (tertiary alicyclic amines) is 1. The first-order valence-electron chi connectivity index (χ1n) is 8.78. The maximum absolute atomic E-state index is 13.1.